The van der Waals surface area contributed by atoms with Crippen molar-refractivity contribution < 1.29 is 0 Å². The number of hydrogen-bond donors (Lipinski definition) is 1. The molecule has 4 nitrogen and oxygen atoms in total. The molecule has 0 aliphatic heterocycles. The number of benzene rings is 1. The maximum absolute atomic E-state index is 4.20. The number of rotatable bonds is 7. The zero-order chi connectivity index (χ0) is 14.4. The summed E-state index contributed by atoms with van der Waals surface area (Å²) in [5.41, 5.74) is 3.79. The summed E-state index contributed by atoms with van der Waals surface area (Å²) in [7, 11) is 4.05. The van der Waals surface area contributed by atoms with Gasteiger partial charge in [0.25, 0.3) is 0 Å². The molecule has 1 N–H and O–H groups in total. The van der Waals surface area contributed by atoms with Crippen molar-refractivity contribution in [2.45, 2.75) is 26.4 Å². The summed E-state index contributed by atoms with van der Waals surface area (Å²) >= 11 is 0. The zero-order valence-electron chi connectivity index (χ0n) is 12.6. The van der Waals surface area contributed by atoms with Crippen LogP contribution in [0.4, 0.5) is 5.69 Å². The average molecular weight is 272 g/mol. The van der Waals surface area contributed by atoms with Gasteiger partial charge >= 0.3 is 0 Å². The molecular formula is C16H24N4. The van der Waals surface area contributed by atoms with Gasteiger partial charge in [0.05, 0.1) is 6.20 Å². The van der Waals surface area contributed by atoms with E-state index in [-0.39, 0.29) is 0 Å². The first-order chi connectivity index (χ1) is 9.69. The van der Waals surface area contributed by atoms with Crippen molar-refractivity contribution in [1.29, 1.82) is 0 Å². The molecule has 0 radical (unpaired) electrons. The molecule has 0 saturated heterocycles. The van der Waals surface area contributed by atoms with E-state index in [1.54, 1.807) is 0 Å². The maximum Gasteiger partial charge on any atom is 0.0539 e. The molecule has 0 atom stereocenters. The second-order valence-corrected chi connectivity index (χ2v) is 5.22. The highest BCUT2D eigenvalue weighted by molar-refractivity contribution is 5.47. The number of nitrogens with zero attached hydrogens (tertiary/aromatic N) is 3. The van der Waals surface area contributed by atoms with Gasteiger partial charge in [-0.3, -0.25) is 4.68 Å². The van der Waals surface area contributed by atoms with Crippen molar-refractivity contribution in [2.24, 2.45) is 7.05 Å². The van der Waals surface area contributed by atoms with Crippen LogP contribution in [0.15, 0.2) is 36.7 Å². The number of aryl methyl sites for hydroxylation is 1. The van der Waals surface area contributed by atoms with Crippen molar-refractivity contribution in [3.63, 3.8) is 0 Å². The molecule has 0 amide bonds. The smallest absolute Gasteiger partial charge is 0.0539 e. The van der Waals surface area contributed by atoms with Gasteiger partial charge < -0.3 is 10.2 Å². The molecule has 0 unspecified atom stereocenters. The largest absolute Gasteiger partial charge is 0.370 e. The fourth-order valence-corrected chi connectivity index (χ4v) is 2.20. The monoisotopic (exact) mass is 272 g/mol. The molecule has 0 aliphatic carbocycles. The number of nitrogens with one attached hydrogen (secondary N) is 1. The molecule has 108 valence electrons. The molecule has 2 rings (SSSR count). The minimum Gasteiger partial charge on any atom is -0.370 e. The van der Waals surface area contributed by atoms with E-state index in [1.165, 1.54) is 23.2 Å². The van der Waals surface area contributed by atoms with Crippen LogP contribution in [0.25, 0.3) is 0 Å². The Morgan fingerprint density at radius 1 is 1.20 bits per heavy atom. The van der Waals surface area contributed by atoms with E-state index >= 15 is 0 Å². The Bertz CT molecular complexity index is 516. The van der Waals surface area contributed by atoms with Crippen molar-refractivity contribution in [1.82, 2.24) is 15.1 Å². The third-order valence-electron chi connectivity index (χ3n) is 3.31. The van der Waals surface area contributed by atoms with Gasteiger partial charge in [0.1, 0.15) is 0 Å². The van der Waals surface area contributed by atoms with Crippen LogP contribution < -0.4 is 10.2 Å². The lowest BCUT2D eigenvalue weighted by atomic mass is 10.2. The van der Waals surface area contributed by atoms with Crippen LogP contribution >= 0.6 is 0 Å². The molecule has 0 saturated carbocycles. The second-order valence-electron chi connectivity index (χ2n) is 5.22. The van der Waals surface area contributed by atoms with Crippen molar-refractivity contribution in [3.8, 4) is 0 Å². The van der Waals surface area contributed by atoms with E-state index in [0.29, 0.717) is 0 Å². The Labute approximate surface area is 121 Å². The molecule has 0 aliphatic rings. The summed E-state index contributed by atoms with van der Waals surface area (Å²) in [4.78, 5) is 2.24. The fourth-order valence-electron chi connectivity index (χ4n) is 2.20. The minimum atomic E-state index is 0.876. The standard InChI is InChI=1S/C16H24N4/c1-4-9-17-10-14-5-7-16(8-6-14)19(2)12-15-11-18-20(3)13-15/h5-8,11,13,17H,4,9-10,12H2,1-3H3. The highest BCUT2D eigenvalue weighted by Gasteiger charge is 2.04. The number of anilines is 1. The van der Waals surface area contributed by atoms with Crippen molar-refractivity contribution in [3.05, 3.63) is 47.8 Å². The minimum absolute atomic E-state index is 0.876. The van der Waals surface area contributed by atoms with Crippen LogP contribution in [0.3, 0.4) is 0 Å². The van der Waals surface area contributed by atoms with E-state index in [9.17, 15) is 0 Å². The first-order valence-corrected chi connectivity index (χ1v) is 7.17. The van der Waals surface area contributed by atoms with E-state index in [0.717, 1.165) is 19.6 Å². The zero-order valence-corrected chi connectivity index (χ0v) is 12.6. The molecule has 0 spiro atoms. The lowest BCUT2D eigenvalue weighted by Crippen LogP contribution is -2.16. The highest BCUT2D eigenvalue weighted by atomic mass is 15.2. The van der Waals surface area contributed by atoms with E-state index in [4.69, 9.17) is 0 Å². The summed E-state index contributed by atoms with van der Waals surface area (Å²) in [5, 5.41) is 7.62. The predicted molar refractivity (Wildman–Crippen MR) is 83.8 cm³/mol. The Kier molecular flexibility index (Phi) is 5.18. The Hall–Kier alpha value is -1.81. The SMILES string of the molecule is CCCNCc1ccc(N(C)Cc2cnn(C)c2)cc1. The number of hydrogen-bond acceptors (Lipinski definition) is 3. The van der Waals surface area contributed by atoms with Gasteiger partial charge in [0.15, 0.2) is 0 Å². The predicted octanol–water partition coefficient (Wildman–Crippen LogP) is 2.56. The van der Waals surface area contributed by atoms with E-state index in [1.807, 2.05) is 17.9 Å². The molecule has 4 heteroatoms. The van der Waals surface area contributed by atoms with Crippen LogP contribution in [0.2, 0.25) is 0 Å². The van der Waals surface area contributed by atoms with E-state index < -0.39 is 0 Å². The molecule has 1 heterocycles. The third kappa shape index (κ3) is 4.10. The molecule has 0 fully saturated rings. The number of aromatic nitrogens is 2. The van der Waals surface area contributed by atoms with Crippen molar-refractivity contribution in [2.75, 3.05) is 18.5 Å². The quantitative estimate of drug-likeness (QED) is 0.786. The normalized spacial score (nSPS) is 10.8. The maximum atomic E-state index is 4.20. The van der Waals surface area contributed by atoms with Crippen LogP contribution in [0, 0.1) is 0 Å². The van der Waals surface area contributed by atoms with Gasteiger partial charge in [-0.15, -0.1) is 0 Å². The lowest BCUT2D eigenvalue weighted by Gasteiger charge is -2.18. The summed E-state index contributed by atoms with van der Waals surface area (Å²) < 4.78 is 1.84. The van der Waals surface area contributed by atoms with Crippen LogP contribution in [0.5, 0.6) is 0 Å². The molecular weight excluding hydrogens is 248 g/mol. The first-order valence-electron chi connectivity index (χ1n) is 7.17. The Morgan fingerprint density at radius 3 is 2.55 bits per heavy atom. The molecule has 1 aromatic carbocycles. The Balaban J connectivity index is 1.91. The summed E-state index contributed by atoms with van der Waals surface area (Å²) in [6.07, 6.45) is 5.14. The van der Waals surface area contributed by atoms with Gasteiger partial charge in [0, 0.05) is 44.6 Å². The average Bonchev–Trinajstić information content (AvgIpc) is 2.85. The van der Waals surface area contributed by atoms with Crippen molar-refractivity contribution >= 4 is 5.69 Å². The van der Waals surface area contributed by atoms with Crippen LogP contribution in [-0.4, -0.2) is 23.4 Å². The highest BCUT2D eigenvalue weighted by Crippen LogP contribution is 2.16. The Morgan fingerprint density at radius 2 is 1.95 bits per heavy atom. The van der Waals surface area contributed by atoms with Gasteiger partial charge in [0.2, 0.25) is 0 Å². The van der Waals surface area contributed by atoms with Gasteiger partial charge in [-0.05, 0) is 30.7 Å². The summed E-state index contributed by atoms with van der Waals surface area (Å²) in [6, 6.07) is 8.74. The summed E-state index contributed by atoms with van der Waals surface area (Å²) in [5.74, 6) is 0. The van der Waals surface area contributed by atoms with E-state index in [2.05, 4.69) is 59.7 Å². The van der Waals surface area contributed by atoms with Gasteiger partial charge in [-0.1, -0.05) is 19.1 Å². The molecule has 0 bridgehead atoms. The third-order valence-corrected chi connectivity index (χ3v) is 3.31. The van der Waals surface area contributed by atoms with Gasteiger partial charge in [-0.2, -0.15) is 5.10 Å². The first kappa shape index (κ1) is 14.6. The molecule has 1 aromatic heterocycles. The van der Waals surface area contributed by atoms with Crippen LogP contribution in [0.1, 0.15) is 24.5 Å². The van der Waals surface area contributed by atoms with Crippen LogP contribution in [-0.2, 0) is 20.1 Å². The fraction of sp³-hybridized carbons (Fsp3) is 0.438. The molecule has 2 aromatic rings. The van der Waals surface area contributed by atoms with Gasteiger partial charge in [-0.25, -0.2) is 0 Å². The topological polar surface area (TPSA) is 33.1 Å². The lowest BCUT2D eigenvalue weighted by molar-refractivity contribution is 0.675. The summed E-state index contributed by atoms with van der Waals surface area (Å²) in [6.45, 7) is 5.08. The second kappa shape index (κ2) is 7.10. The molecule has 20 heavy (non-hydrogen) atoms.